The van der Waals surface area contributed by atoms with E-state index in [4.69, 9.17) is 13.8 Å². The smallest absolute Gasteiger partial charge is 0.338 e. The van der Waals surface area contributed by atoms with Crippen molar-refractivity contribution in [3.05, 3.63) is 41.2 Å². The molecule has 0 N–H and O–H groups in total. The number of carbonyl (C=O) groups excluding carboxylic acids is 1. The molecular weight excluding hydrogens is 315 g/mol. The fraction of sp³-hybridized carbons (Fsp3) is 0.471. The van der Waals surface area contributed by atoms with Gasteiger partial charge in [0.2, 0.25) is 0 Å². The zero-order chi connectivity index (χ0) is 17.1. The second-order valence-corrected chi connectivity index (χ2v) is 8.72. The van der Waals surface area contributed by atoms with E-state index in [1.807, 2.05) is 27.7 Å². The molecule has 6 heteroatoms. The lowest BCUT2D eigenvalue weighted by Gasteiger charge is -2.34. The van der Waals surface area contributed by atoms with Crippen molar-refractivity contribution in [1.82, 2.24) is 0 Å². The summed E-state index contributed by atoms with van der Waals surface area (Å²) in [7, 11) is -3.24. The van der Waals surface area contributed by atoms with E-state index < -0.39 is 7.60 Å². The van der Waals surface area contributed by atoms with Gasteiger partial charge >= 0.3 is 7.60 Å². The van der Waals surface area contributed by atoms with Crippen molar-refractivity contribution in [1.29, 1.82) is 0 Å². The molecule has 1 aromatic rings. The number of benzene rings is 1. The highest BCUT2D eigenvalue weighted by Gasteiger charge is 2.37. The van der Waals surface area contributed by atoms with Crippen LogP contribution in [0.3, 0.4) is 0 Å². The van der Waals surface area contributed by atoms with Gasteiger partial charge in [0.05, 0.1) is 18.8 Å². The molecular formula is C17H23O5P. The summed E-state index contributed by atoms with van der Waals surface area (Å²) in [6, 6.07) is 6.91. The van der Waals surface area contributed by atoms with Crippen LogP contribution in [0.15, 0.2) is 35.6 Å². The number of aldehydes is 1. The van der Waals surface area contributed by atoms with Crippen molar-refractivity contribution in [2.45, 2.75) is 27.7 Å². The maximum absolute atomic E-state index is 12.8. The van der Waals surface area contributed by atoms with Crippen molar-refractivity contribution < 1.29 is 23.1 Å². The minimum Gasteiger partial charge on any atom is -0.460 e. The van der Waals surface area contributed by atoms with Gasteiger partial charge in [-0.1, -0.05) is 26.0 Å². The summed E-state index contributed by atoms with van der Waals surface area (Å²) in [5, 5.41) is 0. The average molecular weight is 338 g/mol. The largest absolute Gasteiger partial charge is 0.460 e. The Morgan fingerprint density at radius 3 is 2.43 bits per heavy atom. The summed E-state index contributed by atoms with van der Waals surface area (Å²) >= 11 is 0. The maximum Gasteiger partial charge on any atom is 0.338 e. The summed E-state index contributed by atoms with van der Waals surface area (Å²) in [6.45, 7) is 8.47. The maximum atomic E-state index is 12.8. The summed E-state index contributed by atoms with van der Waals surface area (Å²) in [5.74, 6) is 0.935. The first-order chi connectivity index (χ1) is 10.7. The van der Waals surface area contributed by atoms with E-state index in [1.54, 1.807) is 24.3 Å². The van der Waals surface area contributed by atoms with E-state index in [9.17, 15) is 9.36 Å². The van der Waals surface area contributed by atoms with E-state index in [0.29, 0.717) is 30.3 Å². The summed E-state index contributed by atoms with van der Waals surface area (Å²) in [5.41, 5.74) is 1.15. The quantitative estimate of drug-likeness (QED) is 0.451. The second kappa shape index (κ2) is 7.00. The molecule has 0 radical (unpaired) electrons. The normalized spacial score (nSPS) is 19.0. The Morgan fingerprint density at radius 1 is 1.26 bits per heavy atom. The van der Waals surface area contributed by atoms with Gasteiger partial charge in [0.15, 0.2) is 6.29 Å². The Hall–Kier alpha value is -1.42. The van der Waals surface area contributed by atoms with Gasteiger partial charge in [-0.3, -0.25) is 9.36 Å². The van der Waals surface area contributed by atoms with Crippen LogP contribution in [-0.2, 0) is 13.6 Å². The highest BCUT2D eigenvalue weighted by Crippen LogP contribution is 2.55. The minimum atomic E-state index is -3.24. The number of allylic oxidation sites excluding steroid dienone is 2. The van der Waals surface area contributed by atoms with Crippen molar-refractivity contribution in [3.63, 3.8) is 0 Å². The van der Waals surface area contributed by atoms with Crippen LogP contribution in [0.1, 0.15) is 38.1 Å². The van der Waals surface area contributed by atoms with Gasteiger partial charge in [-0.05, 0) is 31.6 Å². The minimum absolute atomic E-state index is 0.0542. The predicted octanol–water partition coefficient (Wildman–Crippen LogP) is 4.44. The van der Waals surface area contributed by atoms with Gasteiger partial charge in [-0.2, -0.15) is 0 Å². The van der Waals surface area contributed by atoms with Crippen LogP contribution < -0.4 is 4.74 Å². The summed E-state index contributed by atoms with van der Waals surface area (Å²) in [6.07, 6.45) is 0.786. The van der Waals surface area contributed by atoms with Crippen LogP contribution in [0.4, 0.5) is 0 Å². The van der Waals surface area contributed by atoms with Crippen LogP contribution in [0.25, 0.3) is 0 Å². The molecule has 0 unspecified atom stereocenters. The zero-order valence-electron chi connectivity index (χ0n) is 14.0. The molecule has 0 aromatic heterocycles. The lowest BCUT2D eigenvalue weighted by atomic mass is 9.97. The summed E-state index contributed by atoms with van der Waals surface area (Å²) in [4.78, 5) is 11.1. The van der Waals surface area contributed by atoms with E-state index in [2.05, 4.69) is 0 Å². The molecule has 0 spiro atoms. The highest BCUT2D eigenvalue weighted by molar-refractivity contribution is 7.54. The molecule has 0 saturated carbocycles. The molecule has 1 aromatic carbocycles. The third-order valence-corrected chi connectivity index (χ3v) is 5.20. The molecule has 1 aliphatic heterocycles. The molecule has 0 aliphatic carbocycles. The molecule has 0 atom stereocenters. The monoisotopic (exact) mass is 338 g/mol. The van der Waals surface area contributed by atoms with E-state index >= 15 is 0 Å². The van der Waals surface area contributed by atoms with Crippen LogP contribution >= 0.6 is 7.60 Å². The first kappa shape index (κ1) is 17.9. The number of hydrogen-bond donors (Lipinski definition) is 0. The molecule has 1 saturated heterocycles. The number of rotatable bonds is 5. The Morgan fingerprint density at radius 2 is 1.87 bits per heavy atom. The first-order valence-corrected chi connectivity index (χ1v) is 9.24. The highest BCUT2D eigenvalue weighted by atomic mass is 31.2. The molecule has 2 rings (SSSR count). The number of carbonyl (C=O) groups is 1. The van der Waals surface area contributed by atoms with Crippen molar-refractivity contribution in [2.75, 3.05) is 19.4 Å². The molecule has 1 aliphatic rings. The molecule has 126 valence electrons. The molecule has 1 heterocycles. The molecule has 0 bridgehead atoms. The molecule has 1 fully saturated rings. The Labute approximate surface area is 137 Å². The Bertz CT molecular complexity index is 645. The van der Waals surface area contributed by atoms with Crippen molar-refractivity contribution in [3.8, 4) is 5.75 Å². The summed E-state index contributed by atoms with van der Waals surface area (Å²) < 4.78 is 29.6. The van der Waals surface area contributed by atoms with Crippen LogP contribution in [0.2, 0.25) is 0 Å². The SMILES string of the molecule is CC(C)=C(CP1(=O)OCC(C)(C)CO1)Oc1ccccc1C=O. The fourth-order valence-electron chi connectivity index (χ4n) is 1.99. The van der Waals surface area contributed by atoms with Crippen LogP contribution in [0, 0.1) is 5.41 Å². The predicted molar refractivity (Wildman–Crippen MR) is 89.0 cm³/mol. The lowest BCUT2D eigenvalue weighted by molar-refractivity contribution is 0.0416. The zero-order valence-corrected chi connectivity index (χ0v) is 14.9. The third kappa shape index (κ3) is 4.77. The Balaban J connectivity index is 2.16. The average Bonchev–Trinajstić information content (AvgIpc) is 2.51. The second-order valence-electron chi connectivity index (χ2n) is 6.66. The lowest BCUT2D eigenvalue weighted by Crippen LogP contribution is -2.30. The molecule has 0 amide bonds. The first-order valence-electron chi connectivity index (χ1n) is 7.51. The third-order valence-electron chi connectivity index (χ3n) is 3.48. The number of hydrogen-bond acceptors (Lipinski definition) is 5. The van der Waals surface area contributed by atoms with Gasteiger partial charge in [0.1, 0.15) is 17.7 Å². The van der Waals surface area contributed by atoms with Crippen molar-refractivity contribution >= 4 is 13.9 Å². The number of ether oxygens (including phenoxy) is 1. The topological polar surface area (TPSA) is 61.8 Å². The van der Waals surface area contributed by atoms with E-state index in [1.165, 1.54) is 0 Å². The van der Waals surface area contributed by atoms with Gasteiger partial charge in [0, 0.05) is 5.41 Å². The number of para-hydroxylation sites is 1. The standard InChI is InChI=1S/C17H23O5P/c1-13(2)16(22-15-8-6-5-7-14(15)9-18)10-23(19)20-11-17(3,4)12-21-23/h5-9H,10-12H2,1-4H3. The van der Waals surface area contributed by atoms with Crippen LogP contribution in [-0.4, -0.2) is 25.7 Å². The van der Waals surface area contributed by atoms with E-state index in [-0.39, 0.29) is 11.6 Å². The van der Waals surface area contributed by atoms with Gasteiger partial charge in [0.25, 0.3) is 0 Å². The Kier molecular flexibility index (Phi) is 5.45. The molecule has 5 nitrogen and oxygen atoms in total. The fourth-order valence-corrected chi connectivity index (χ4v) is 4.07. The van der Waals surface area contributed by atoms with Gasteiger partial charge in [-0.15, -0.1) is 0 Å². The van der Waals surface area contributed by atoms with Crippen LogP contribution in [0.5, 0.6) is 5.75 Å². The van der Waals surface area contributed by atoms with Gasteiger partial charge < -0.3 is 13.8 Å². The van der Waals surface area contributed by atoms with Gasteiger partial charge in [-0.25, -0.2) is 0 Å². The molecule has 23 heavy (non-hydrogen) atoms. The van der Waals surface area contributed by atoms with Crippen molar-refractivity contribution in [2.24, 2.45) is 5.41 Å². The van der Waals surface area contributed by atoms with E-state index in [0.717, 1.165) is 11.9 Å².